The number of para-hydroxylation sites is 1. The molecule has 1 aromatic heterocycles. The van der Waals surface area contributed by atoms with E-state index in [1.165, 1.54) is 0 Å². The van der Waals surface area contributed by atoms with E-state index in [4.69, 9.17) is 15.2 Å². The highest BCUT2D eigenvalue weighted by molar-refractivity contribution is 5.49. The summed E-state index contributed by atoms with van der Waals surface area (Å²) in [5.74, 6) is 2.17. The minimum Gasteiger partial charge on any atom is -0.493 e. The molecule has 0 radical (unpaired) electrons. The van der Waals surface area contributed by atoms with Crippen LogP contribution in [0.15, 0.2) is 30.6 Å². The maximum absolute atomic E-state index is 6.37. The zero-order valence-electron chi connectivity index (χ0n) is 12.2. The Bertz CT molecular complexity index is 566. The quantitative estimate of drug-likeness (QED) is 0.879. The van der Waals surface area contributed by atoms with Crippen molar-refractivity contribution in [2.45, 2.75) is 25.9 Å². The normalized spacial score (nSPS) is 12.2. The molecule has 0 spiro atoms. The van der Waals surface area contributed by atoms with Crippen molar-refractivity contribution >= 4 is 0 Å². The fraction of sp³-hybridized carbons (Fsp3) is 0.400. The van der Waals surface area contributed by atoms with Crippen molar-refractivity contribution in [1.29, 1.82) is 0 Å². The van der Waals surface area contributed by atoms with E-state index in [1.54, 1.807) is 20.4 Å². The SMILES string of the molecule is CCCn1ccnc1C(N)c1cccc(OC)c1OC. The third kappa shape index (κ3) is 2.63. The number of nitrogens with zero attached hydrogens (tertiary/aromatic N) is 2. The fourth-order valence-electron chi connectivity index (χ4n) is 2.33. The summed E-state index contributed by atoms with van der Waals surface area (Å²) in [7, 11) is 3.23. The highest BCUT2D eigenvalue weighted by atomic mass is 16.5. The van der Waals surface area contributed by atoms with Crippen LogP contribution in [-0.4, -0.2) is 23.8 Å². The van der Waals surface area contributed by atoms with Crippen molar-refractivity contribution in [3.05, 3.63) is 42.0 Å². The van der Waals surface area contributed by atoms with E-state index < -0.39 is 0 Å². The van der Waals surface area contributed by atoms with Crippen molar-refractivity contribution in [1.82, 2.24) is 9.55 Å². The summed E-state index contributed by atoms with van der Waals surface area (Å²) in [6.45, 7) is 3.02. The van der Waals surface area contributed by atoms with E-state index in [2.05, 4.69) is 16.5 Å². The molecule has 5 nitrogen and oxygen atoms in total. The Balaban J connectivity index is 2.42. The second kappa shape index (κ2) is 6.43. The Labute approximate surface area is 119 Å². The average Bonchev–Trinajstić information content (AvgIpc) is 2.94. The van der Waals surface area contributed by atoms with Crippen LogP contribution >= 0.6 is 0 Å². The zero-order valence-corrected chi connectivity index (χ0v) is 12.2. The second-order valence-electron chi connectivity index (χ2n) is 4.54. The topological polar surface area (TPSA) is 62.3 Å². The molecule has 108 valence electrons. The molecule has 5 heteroatoms. The number of imidazole rings is 1. The van der Waals surface area contributed by atoms with Crippen LogP contribution in [0.25, 0.3) is 0 Å². The molecule has 0 amide bonds. The van der Waals surface area contributed by atoms with Gasteiger partial charge in [0.2, 0.25) is 0 Å². The molecule has 0 aliphatic carbocycles. The van der Waals surface area contributed by atoms with Gasteiger partial charge in [-0.3, -0.25) is 0 Å². The molecule has 1 heterocycles. The molecule has 1 aromatic carbocycles. The lowest BCUT2D eigenvalue weighted by atomic mass is 10.0. The van der Waals surface area contributed by atoms with Gasteiger partial charge in [0.1, 0.15) is 5.82 Å². The van der Waals surface area contributed by atoms with Crippen molar-refractivity contribution < 1.29 is 9.47 Å². The first-order valence-corrected chi connectivity index (χ1v) is 6.70. The number of aryl methyl sites for hydroxylation is 1. The lowest BCUT2D eigenvalue weighted by Crippen LogP contribution is -2.18. The molecular formula is C15H21N3O2. The van der Waals surface area contributed by atoms with Crippen LogP contribution < -0.4 is 15.2 Å². The van der Waals surface area contributed by atoms with E-state index >= 15 is 0 Å². The first-order chi connectivity index (χ1) is 9.72. The van der Waals surface area contributed by atoms with Gasteiger partial charge in [-0.05, 0) is 12.5 Å². The summed E-state index contributed by atoms with van der Waals surface area (Å²) >= 11 is 0. The first kappa shape index (κ1) is 14.4. The number of ether oxygens (including phenoxy) is 2. The molecule has 20 heavy (non-hydrogen) atoms. The molecule has 0 aliphatic rings. The summed E-state index contributed by atoms with van der Waals surface area (Å²) in [6.07, 6.45) is 4.76. The molecule has 0 saturated heterocycles. The van der Waals surface area contributed by atoms with Crippen molar-refractivity contribution in [2.24, 2.45) is 5.73 Å². The molecule has 1 unspecified atom stereocenters. The maximum atomic E-state index is 6.37. The molecule has 1 atom stereocenters. The van der Waals surface area contributed by atoms with Gasteiger partial charge in [-0.15, -0.1) is 0 Å². The number of nitrogens with two attached hydrogens (primary N) is 1. The van der Waals surface area contributed by atoms with E-state index in [1.807, 2.05) is 24.4 Å². The number of methoxy groups -OCH3 is 2. The first-order valence-electron chi connectivity index (χ1n) is 6.70. The van der Waals surface area contributed by atoms with Gasteiger partial charge >= 0.3 is 0 Å². The van der Waals surface area contributed by atoms with E-state index in [0.29, 0.717) is 11.5 Å². The largest absolute Gasteiger partial charge is 0.493 e. The molecule has 2 aromatic rings. The standard InChI is InChI=1S/C15H21N3O2/c1-4-9-18-10-8-17-15(18)13(16)11-6-5-7-12(19-2)14(11)20-3/h5-8,10,13H,4,9,16H2,1-3H3. The summed E-state index contributed by atoms with van der Waals surface area (Å²) in [5.41, 5.74) is 7.24. The number of aromatic nitrogens is 2. The highest BCUT2D eigenvalue weighted by Gasteiger charge is 2.20. The Morgan fingerprint density at radius 1 is 1.30 bits per heavy atom. The summed E-state index contributed by atoms with van der Waals surface area (Å²) in [4.78, 5) is 4.38. The van der Waals surface area contributed by atoms with Gasteiger partial charge in [0.05, 0.1) is 20.3 Å². The minimum absolute atomic E-state index is 0.346. The van der Waals surface area contributed by atoms with E-state index in [0.717, 1.165) is 24.4 Å². The maximum Gasteiger partial charge on any atom is 0.165 e. The van der Waals surface area contributed by atoms with E-state index in [-0.39, 0.29) is 6.04 Å². The van der Waals surface area contributed by atoms with Gasteiger partial charge in [-0.2, -0.15) is 0 Å². The summed E-state index contributed by atoms with van der Waals surface area (Å²) < 4.78 is 12.8. The third-order valence-corrected chi connectivity index (χ3v) is 3.26. The van der Waals surface area contributed by atoms with Gasteiger partial charge in [-0.25, -0.2) is 4.98 Å². The molecule has 2 N–H and O–H groups in total. The Morgan fingerprint density at radius 3 is 2.75 bits per heavy atom. The van der Waals surface area contributed by atoms with Crippen LogP contribution in [0.4, 0.5) is 0 Å². The Kier molecular flexibility index (Phi) is 4.63. The predicted octanol–water partition coefficient (Wildman–Crippen LogP) is 2.36. The second-order valence-corrected chi connectivity index (χ2v) is 4.54. The summed E-state index contributed by atoms with van der Waals surface area (Å²) in [5, 5.41) is 0. The fourth-order valence-corrected chi connectivity index (χ4v) is 2.33. The van der Waals surface area contributed by atoms with Crippen LogP contribution in [0, 0.1) is 0 Å². The van der Waals surface area contributed by atoms with Crippen LogP contribution in [-0.2, 0) is 6.54 Å². The van der Waals surface area contributed by atoms with Gasteiger partial charge in [-0.1, -0.05) is 19.1 Å². The molecular weight excluding hydrogens is 254 g/mol. The van der Waals surface area contributed by atoms with Crippen LogP contribution in [0.1, 0.15) is 30.8 Å². The Hall–Kier alpha value is -2.01. The highest BCUT2D eigenvalue weighted by Crippen LogP contribution is 2.35. The van der Waals surface area contributed by atoms with Crippen LogP contribution in [0.2, 0.25) is 0 Å². The monoisotopic (exact) mass is 275 g/mol. The van der Waals surface area contributed by atoms with Crippen LogP contribution in [0.3, 0.4) is 0 Å². The van der Waals surface area contributed by atoms with E-state index in [9.17, 15) is 0 Å². The van der Waals surface area contributed by atoms with Crippen LogP contribution in [0.5, 0.6) is 11.5 Å². The molecule has 0 aliphatic heterocycles. The zero-order chi connectivity index (χ0) is 14.5. The van der Waals surface area contributed by atoms with Crippen molar-refractivity contribution in [3.8, 4) is 11.5 Å². The third-order valence-electron chi connectivity index (χ3n) is 3.26. The van der Waals surface area contributed by atoms with Gasteiger partial charge in [0.15, 0.2) is 11.5 Å². The lowest BCUT2D eigenvalue weighted by molar-refractivity contribution is 0.350. The predicted molar refractivity (Wildman–Crippen MR) is 78.1 cm³/mol. The number of benzene rings is 1. The number of hydrogen-bond acceptors (Lipinski definition) is 4. The smallest absolute Gasteiger partial charge is 0.165 e. The molecule has 0 fully saturated rings. The number of hydrogen-bond donors (Lipinski definition) is 1. The van der Waals surface area contributed by atoms with Crippen molar-refractivity contribution in [2.75, 3.05) is 14.2 Å². The van der Waals surface area contributed by atoms with Crippen molar-refractivity contribution in [3.63, 3.8) is 0 Å². The Morgan fingerprint density at radius 2 is 2.10 bits per heavy atom. The minimum atomic E-state index is -0.346. The van der Waals surface area contributed by atoms with Gasteiger partial charge in [0, 0.05) is 24.5 Å². The molecule has 0 bridgehead atoms. The van der Waals surface area contributed by atoms with Gasteiger partial charge < -0.3 is 19.8 Å². The average molecular weight is 275 g/mol. The number of rotatable bonds is 6. The lowest BCUT2D eigenvalue weighted by Gasteiger charge is -2.18. The summed E-state index contributed by atoms with van der Waals surface area (Å²) in [6, 6.07) is 5.36. The molecule has 2 rings (SSSR count). The molecule has 0 saturated carbocycles. The van der Waals surface area contributed by atoms with Gasteiger partial charge in [0.25, 0.3) is 0 Å².